The molecule has 0 radical (unpaired) electrons. The van der Waals surface area contributed by atoms with E-state index in [0.29, 0.717) is 38.4 Å². The molecule has 0 unspecified atom stereocenters. The number of hydrogen-bond acceptors (Lipinski definition) is 5. The van der Waals surface area contributed by atoms with E-state index in [1.54, 1.807) is 20.1 Å². The second-order valence-electron chi connectivity index (χ2n) is 3.92. The van der Waals surface area contributed by atoms with Crippen LogP contribution in [-0.2, 0) is 9.47 Å². The van der Waals surface area contributed by atoms with Gasteiger partial charge in [-0.3, -0.25) is 0 Å². The maximum atomic E-state index is 11.1. The van der Waals surface area contributed by atoms with Crippen molar-refractivity contribution in [2.75, 3.05) is 33.5 Å². The summed E-state index contributed by atoms with van der Waals surface area (Å²) in [4.78, 5) is 15.0. The molecule has 6 nitrogen and oxygen atoms in total. The van der Waals surface area contributed by atoms with Gasteiger partial charge in [-0.25, -0.2) is 9.78 Å². The average Bonchev–Trinajstić information content (AvgIpc) is 2.37. The molecule has 0 bridgehead atoms. The fourth-order valence-electron chi connectivity index (χ4n) is 1.48. The number of aryl methyl sites for hydroxylation is 1. The predicted octanol–water partition coefficient (Wildman–Crippen LogP) is 1.52. The van der Waals surface area contributed by atoms with Gasteiger partial charge in [-0.05, 0) is 18.6 Å². The van der Waals surface area contributed by atoms with Gasteiger partial charge in [-0.1, -0.05) is 0 Å². The van der Waals surface area contributed by atoms with Crippen molar-refractivity contribution < 1.29 is 24.1 Å². The summed E-state index contributed by atoms with van der Waals surface area (Å²) >= 11 is 0. The summed E-state index contributed by atoms with van der Waals surface area (Å²) in [6.45, 7) is 3.72. The highest BCUT2D eigenvalue weighted by Gasteiger charge is 2.15. The van der Waals surface area contributed by atoms with Crippen LogP contribution in [0.25, 0.3) is 0 Å². The molecule has 6 heteroatoms. The van der Waals surface area contributed by atoms with E-state index in [1.165, 1.54) is 6.20 Å². The van der Waals surface area contributed by atoms with Gasteiger partial charge in [-0.2, -0.15) is 0 Å². The SMILES string of the molecule is COCCOCCCOc1nccc(C)c1C(=O)O. The molecule has 1 aromatic heterocycles. The maximum Gasteiger partial charge on any atom is 0.341 e. The molecule has 0 saturated carbocycles. The monoisotopic (exact) mass is 269 g/mol. The summed E-state index contributed by atoms with van der Waals surface area (Å²) in [6, 6.07) is 1.64. The molecule has 1 N–H and O–H groups in total. The molecule has 19 heavy (non-hydrogen) atoms. The van der Waals surface area contributed by atoms with Crippen molar-refractivity contribution in [1.29, 1.82) is 0 Å². The molecule has 0 aromatic carbocycles. The highest BCUT2D eigenvalue weighted by molar-refractivity contribution is 5.91. The van der Waals surface area contributed by atoms with Gasteiger partial charge in [0, 0.05) is 26.3 Å². The van der Waals surface area contributed by atoms with Crippen LogP contribution in [0.1, 0.15) is 22.3 Å². The Morgan fingerprint density at radius 1 is 1.32 bits per heavy atom. The van der Waals surface area contributed by atoms with E-state index in [0.717, 1.165) is 0 Å². The third kappa shape index (κ3) is 5.23. The Kier molecular flexibility index (Phi) is 6.84. The summed E-state index contributed by atoms with van der Waals surface area (Å²) < 4.78 is 15.5. The van der Waals surface area contributed by atoms with Crippen molar-refractivity contribution in [3.8, 4) is 5.88 Å². The number of aromatic nitrogens is 1. The first-order valence-corrected chi connectivity index (χ1v) is 6.05. The molecule has 1 heterocycles. The molecule has 0 spiro atoms. The fraction of sp³-hybridized carbons (Fsp3) is 0.538. The number of carboxylic acid groups (broad SMARTS) is 1. The molecule has 0 aliphatic rings. The zero-order valence-electron chi connectivity index (χ0n) is 11.2. The third-order valence-corrected chi connectivity index (χ3v) is 2.44. The lowest BCUT2D eigenvalue weighted by atomic mass is 10.1. The largest absolute Gasteiger partial charge is 0.477 e. The molecule has 1 aromatic rings. The minimum atomic E-state index is -1.03. The normalized spacial score (nSPS) is 10.4. The van der Waals surface area contributed by atoms with Crippen molar-refractivity contribution in [3.05, 3.63) is 23.4 Å². The van der Waals surface area contributed by atoms with Crippen LogP contribution in [-0.4, -0.2) is 49.6 Å². The predicted molar refractivity (Wildman–Crippen MR) is 68.7 cm³/mol. The quantitative estimate of drug-likeness (QED) is 0.685. The van der Waals surface area contributed by atoms with Crippen molar-refractivity contribution >= 4 is 5.97 Å². The molecular weight excluding hydrogens is 250 g/mol. The van der Waals surface area contributed by atoms with Crippen LogP contribution in [0, 0.1) is 6.92 Å². The van der Waals surface area contributed by atoms with Gasteiger partial charge in [0.25, 0.3) is 0 Å². The van der Waals surface area contributed by atoms with Crippen molar-refractivity contribution in [3.63, 3.8) is 0 Å². The first-order chi connectivity index (χ1) is 9.16. The summed E-state index contributed by atoms with van der Waals surface area (Å²) in [5, 5.41) is 9.09. The molecule has 0 aliphatic heterocycles. The zero-order chi connectivity index (χ0) is 14.1. The first-order valence-electron chi connectivity index (χ1n) is 6.05. The Balaban J connectivity index is 2.37. The van der Waals surface area contributed by atoms with Crippen LogP contribution in [0.4, 0.5) is 0 Å². The minimum Gasteiger partial charge on any atom is -0.477 e. The van der Waals surface area contributed by atoms with E-state index < -0.39 is 5.97 Å². The molecule has 106 valence electrons. The van der Waals surface area contributed by atoms with Crippen LogP contribution in [0.15, 0.2) is 12.3 Å². The number of ether oxygens (including phenoxy) is 3. The maximum absolute atomic E-state index is 11.1. The summed E-state index contributed by atoms with van der Waals surface area (Å²) in [7, 11) is 1.61. The van der Waals surface area contributed by atoms with E-state index in [2.05, 4.69) is 4.98 Å². The van der Waals surface area contributed by atoms with Gasteiger partial charge in [0.1, 0.15) is 5.56 Å². The molecule has 1 rings (SSSR count). The smallest absolute Gasteiger partial charge is 0.341 e. The van der Waals surface area contributed by atoms with Gasteiger partial charge in [-0.15, -0.1) is 0 Å². The van der Waals surface area contributed by atoms with E-state index in [-0.39, 0.29) is 11.4 Å². The lowest BCUT2D eigenvalue weighted by molar-refractivity contribution is 0.0634. The summed E-state index contributed by atoms with van der Waals surface area (Å²) in [5.41, 5.74) is 0.747. The molecular formula is C13H19NO5. The Hall–Kier alpha value is -1.66. The van der Waals surface area contributed by atoms with Gasteiger partial charge in [0.05, 0.1) is 19.8 Å². The molecule has 0 aliphatic carbocycles. The molecule has 0 saturated heterocycles. The van der Waals surface area contributed by atoms with Crippen LogP contribution in [0.5, 0.6) is 5.88 Å². The second kappa shape index (κ2) is 8.44. The number of nitrogens with zero attached hydrogens (tertiary/aromatic N) is 1. The van der Waals surface area contributed by atoms with Crippen LogP contribution in [0.2, 0.25) is 0 Å². The number of carbonyl (C=O) groups is 1. The fourth-order valence-corrected chi connectivity index (χ4v) is 1.48. The minimum absolute atomic E-state index is 0.114. The topological polar surface area (TPSA) is 77.9 Å². The van der Waals surface area contributed by atoms with E-state index in [9.17, 15) is 4.79 Å². The Bertz CT molecular complexity index is 408. The van der Waals surface area contributed by atoms with Crippen LogP contribution >= 0.6 is 0 Å². The number of carboxylic acids is 1. The Morgan fingerprint density at radius 2 is 2.11 bits per heavy atom. The number of rotatable bonds is 9. The summed E-state index contributed by atoms with van der Waals surface area (Å²) in [5.74, 6) is -0.874. The lowest BCUT2D eigenvalue weighted by Crippen LogP contribution is -2.10. The third-order valence-electron chi connectivity index (χ3n) is 2.44. The van der Waals surface area contributed by atoms with E-state index >= 15 is 0 Å². The molecule has 0 atom stereocenters. The van der Waals surface area contributed by atoms with Gasteiger partial charge < -0.3 is 19.3 Å². The van der Waals surface area contributed by atoms with Gasteiger partial charge in [0.15, 0.2) is 0 Å². The Labute approximate surface area is 112 Å². The summed E-state index contributed by atoms with van der Waals surface area (Å²) in [6.07, 6.45) is 2.20. The standard InChI is InChI=1S/C13H19NO5/c1-10-4-5-14-12(11(10)13(15)16)19-7-3-6-18-9-8-17-2/h4-5H,3,6-9H2,1-2H3,(H,15,16). The van der Waals surface area contributed by atoms with Gasteiger partial charge in [0.2, 0.25) is 5.88 Å². The zero-order valence-corrected chi connectivity index (χ0v) is 11.2. The van der Waals surface area contributed by atoms with Crippen LogP contribution < -0.4 is 4.74 Å². The number of methoxy groups -OCH3 is 1. The second-order valence-corrected chi connectivity index (χ2v) is 3.92. The van der Waals surface area contributed by atoms with E-state index in [1.807, 2.05) is 0 Å². The Morgan fingerprint density at radius 3 is 2.79 bits per heavy atom. The average molecular weight is 269 g/mol. The first kappa shape index (κ1) is 15.4. The van der Waals surface area contributed by atoms with E-state index in [4.69, 9.17) is 19.3 Å². The van der Waals surface area contributed by atoms with Crippen molar-refractivity contribution in [1.82, 2.24) is 4.98 Å². The van der Waals surface area contributed by atoms with Crippen molar-refractivity contribution in [2.45, 2.75) is 13.3 Å². The lowest BCUT2D eigenvalue weighted by Gasteiger charge is -2.09. The van der Waals surface area contributed by atoms with Crippen LogP contribution in [0.3, 0.4) is 0 Å². The number of hydrogen-bond donors (Lipinski definition) is 1. The molecule has 0 fully saturated rings. The highest BCUT2D eigenvalue weighted by atomic mass is 16.5. The number of aromatic carboxylic acids is 1. The van der Waals surface area contributed by atoms with Gasteiger partial charge >= 0.3 is 5.97 Å². The van der Waals surface area contributed by atoms with Crippen molar-refractivity contribution in [2.24, 2.45) is 0 Å². The molecule has 0 amide bonds. The number of pyridine rings is 1. The highest BCUT2D eigenvalue weighted by Crippen LogP contribution is 2.18.